The van der Waals surface area contributed by atoms with Crippen molar-refractivity contribution in [2.24, 2.45) is 0 Å². The van der Waals surface area contributed by atoms with E-state index in [4.69, 9.17) is 9.47 Å². The smallest absolute Gasteiger partial charge is 0.118 e. The maximum Gasteiger partial charge on any atom is 0.118 e. The quantitative estimate of drug-likeness (QED) is 0.168. The number of unbranched alkanes of at least 4 members (excludes halogenated alkanes) is 8. The minimum absolute atomic E-state index is 0.144. The lowest BCUT2D eigenvalue weighted by Crippen LogP contribution is -2.19. The van der Waals surface area contributed by atoms with Crippen molar-refractivity contribution in [1.82, 2.24) is 0 Å². The van der Waals surface area contributed by atoms with E-state index < -0.39 is 0 Å². The standard InChI is InChI=1S/C33H46O3/c1-3-4-5-6-7-8-9-10-11-12-13-17-20-31(34)27-33(26-21-29-18-15-14-16-19-29)36-28-30-22-24-32(35-2)25-23-30/h14-16,18-19,21-26,31,33-34H,3-7,10-13,17,20,27-28H2,1-2H3/b26-21+/t31-,33+/m0/s1. The summed E-state index contributed by atoms with van der Waals surface area (Å²) in [6.45, 7) is 2.74. The Balaban J connectivity index is 1.71. The zero-order valence-electron chi connectivity index (χ0n) is 22.5. The molecule has 1 N–H and O–H groups in total. The Morgan fingerprint density at radius 3 is 2.17 bits per heavy atom. The molecule has 0 aliphatic heterocycles. The summed E-state index contributed by atoms with van der Waals surface area (Å²) in [5.74, 6) is 7.47. The van der Waals surface area contributed by atoms with Gasteiger partial charge in [0.25, 0.3) is 0 Å². The number of benzene rings is 2. The summed E-state index contributed by atoms with van der Waals surface area (Å²) in [5, 5.41) is 10.7. The van der Waals surface area contributed by atoms with Crippen LogP contribution in [0.15, 0.2) is 60.7 Å². The van der Waals surface area contributed by atoms with Crippen molar-refractivity contribution in [1.29, 1.82) is 0 Å². The number of hydrogen-bond acceptors (Lipinski definition) is 3. The number of rotatable bonds is 18. The third-order valence-corrected chi connectivity index (χ3v) is 6.30. The molecule has 0 amide bonds. The molecule has 0 spiro atoms. The Bertz CT molecular complexity index is 877. The number of ether oxygens (including phenoxy) is 2. The first kappa shape index (κ1) is 29.7. The number of methoxy groups -OCH3 is 1. The van der Waals surface area contributed by atoms with Crippen molar-refractivity contribution >= 4 is 6.08 Å². The molecule has 0 fully saturated rings. The van der Waals surface area contributed by atoms with E-state index >= 15 is 0 Å². The third kappa shape index (κ3) is 14.1. The Labute approximate surface area is 219 Å². The predicted molar refractivity (Wildman–Crippen MR) is 152 cm³/mol. The second-order valence-electron chi connectivity index (χ2n) is 9.47. The molecule has 3 nitrogen and oxygen atoms in total. The van der Waals surface area contributed by atoms with Gasteiger partial charge in [-0.05, 0) is 42.5 Å². The lowest BCUT2D eigenvalue weighted by molar-refractivity contribution is 0.0283. The maximum absolute atomic E-state index is 10.7. The first-order valence-corrected chi connectivity index (χ1v) is 13.8. The molecule has 36 heavy (non-hydrogen) atoms. The zero-order valence-corrected chi connectivity index (χ0v) is 22.5. The molecular weight excluding hydrogens is 444 g/mol. The summed E-state index contributed by atoms with van der Waals surface area (Å²) in [7, 11) is 1.67. The Kier molecular flexibility index (Phi) is 16.2. The van der Waals surface area contributed by atoms with Crippen LogP contribution in [-0.4, -0.2) is 24.4 Å². The van der Waals surface area contributed by atoms with Crippen LogP contribution in [-0.2, 0) is 11.3 Å². The number of aliphatic hydroxyl groups is 1. The van der Waals surface area contributed by atoms with E-state index in [0.717, 1.165) is 55.4 Å². The van der Waals surface area contributed by atoms with Gasteiger partial charge >= 0.3 is 0 Å². The molecular formula is C33H46O3. The molecule has 2 aromatic rings. The fourth-order valence-corrected chi connectivity index (χ4v) is 4.06. The fourth-order valence-electron chi connectivity index (χ4n) is 4.06. The largest absolute Gasteiger partial charge is 0.497 e. The van der Waals surface area contributed by atoms with Gasteiger partial charge in [-0.25, -0.2) is 0 Å². The van der Waals surface area contributed by atoms with E-state index in [9.17, 15) is 5.11 Å². The average molecular weight is 491 g/mol. The monoisotopic (exact) mass is 490 g/mol. The second kappa shape index (κ2) is 19.6. The van der Waals surface area contributed by atoms with Gasteiger partial charge in [-0.3, -0.25) is 0 Å². The third-order valence-electron chi connectivity index (χ3n) is 6.30. The highest BCUT2D eigenvalue weighted by atomic mass is 16.5. The number of aliphatic hydroxyl groups excluding tert-OH is 1. The first-order chi connectivity index (χ1) is 17.7. The van der Waals surface area contributed by atoms with Crippen molar-refractivity contribution in [3.63, 3.8) is 0 Å². The van der Waals surface area contributed by atoms with Crippen molar-refractivity contribution in [2.45, 2.75) is 103 Å². The average Bonchev–Trinajstić information content (AvgIpc) is 2.91. The summed E-state index contributed by atoms with van der Waals surface area (Å²) in [5.41, 5.74) is 2.22. The molecule has 2 atom stereocenters. The van der Waals surface area contributed by atoms with Gasteiger partial charge in [-0.15, -0.1) is 11.8 Å². The van der Waals surface area contributed by atoms with Gasteiger partial charge in [0, 0.05) is 19.3 Å². The second-order valence-corrected chi connectivity index (χ2v) is 9.47. The minimum Gasteiger partial charge on any atom is -0.497 e. The van der Waals surface area contributed by atoms with Gasteiger partial charge in [0.2, 0.25) is 0 Å². The van der Waals surface area contributed by atoms with Crippen LogP contribution in [0.1, 0.15) is 95.1 Å². The van der Waals surface area contributed by atoms with Crippen LogP contribution in [0, 0.1) is 11.8 Å². The van der Waals surface area contributed by atoms with E-state index in [2.05, 4.69) is 43.0 Å². The Morgan fingerprint density at radius 1 is 0.833 bits per heavy atom. The summed E-state index contributed by atoms with van der Waals surface area (Å²) in [6.07, 6.45) is 16.8. The van der Waals surface area contributed by atoms with Crippen molar-refractivity contribution in [3.05, 3.63) is 71.8 Å². The topological polar surface area (TPSA) is 38.7 Å². The molecule has 2 rings (SSSR count). The molecule has 196 valence electrons. The van der Waals surface area contributed by atoms with E-state index in [1.54, 1.807) is 7.11 Å². The minimum atomic E-state index is -0.366. The summed E-state index contributed by atoms with van der Waals surface area (Å²) in [6, 6.07) is 18.1. The summed E-state index contributed by atoms with van der Waals surface area (Å²) in [4.78, 5) is 0. The summed E-state index contributed by atoms with van der Waals surface area (Å²) < 4.78 is 11.4. The first-order valence-electron chi connectivity index (χ1n) is 13.8. The van der Waals surface area contributed by atoms with E-state index in [-0.39, 0.29) is 12.2 Å². The lowest BCUT2D eigenvalue weighted by atomic mass is 10.0. The van der Waals surface area contributed by atoms with Gasteiger partial charge in [0.15, 0.2) is 0 Å². The van der Waals surface area contributed by atoms with E-state index in [0.29, 0.717) is 13.0 Å². The fraction of sp³-hybridized carbons (Fsp3) is 0.515. The van der Waals surface area contributed by atoms with Gasteiger partial charge < -0.3 is 14.6 Å². The van der Waals surface area contributed by atoms with E-state index in [1.165, 1.54) is 32.1 Å². The molecule has 0 unspecified atom stereocenters. The van der Waals surface area contributed by atoms with Crippen LogP contribution >= 0.6 is 0 Å². The van der Waals surface area contributed by atoms with Crippen molar-refractivity contribution in [2.75, 3.05) is 7.11 Å². The highest BCUT2D eigenvalue weighted by Gasteiger charge is 2.13. The molecule has 3 heteroatoms. The van der Waals surface area contributed by atoms with Gasteiger partial charge in [0.1, 0.15) is 5.75 Å². The molecule has 0 saturated heterocycles. The summed E-state index contributed by atoms with van der Waals surface area (Å²) >= 11 is 0. The van der Waals surface area contributed by atoms with Crippen LogP contribution in [0.25, 0.3) is 6.08 Å². The van der Waals surface area contributed by atoms with Gasteiger partial charge in [-0.2, -0.15) is 0 Å². The number of hydrogen-bond donors (Lipinski definition) is 1. The SMILES string of the molecule is CCCCCCC#CCCCCCC[C@H](O)C[C@@H](/C=C/c1ccccc1)OCc1ccc(OC)cc1. The molecule has 0 bridgehead atoms. The molecule has 2 aromatic carbocycles. The van der Waals surface area contributed by atoms with Crippen molar-refractivity contribution in [3.8, 4) is 17.6 Å². The molecule has 0 aliphatic carbocycles. The highest BCUT2D eigenvalue weighted by Crippen LogP contribution is 2.17. The van der Waals surface area contributed by atoms with Crippen LogP contribution < -0.4 is 4.74 Å². The molecule has 0 saturated carbocycles. The van der Waals surface area contributed by atoms with Gasteiger partial charge in [-0.1, -0.05) is 100 Å². The van der Waals surface area contributed by atoms with Crippen LogP contribution in [0.4, 0.5) is 0 Å². The Morgan fingerprint density at radius 2 is 1.50 bits per heavy atom. The Hall–Kier alpha value is -2.54. The lowest BCUT2D eigenvalue weighted by Gasteiger charge is -2.19. The highest BCUT2D eigenvalue weighted by molar-refractivity contribution is 5.49. The van der Waals surface area contributed by atoms with Crippen LogP contribution in [0.5, 0.6) is 5.75 Å². The molecule has 0 radical (unpaired) electrons. The van der Waals surface area contributed by atoms with Crippen LogP contribution in [0.2, 0.25) is 0 Å². The maximum atomic E-state index is 10.7. The van der Waals surface area contributed by atoms with Crippen LogP contribution in [0.3, 0.4) is 0 Å². The van der Waals surface area contributed by atoms with Crippen molar-refractivity contribution < 1.29 is 14.6 Å². The predicted octanol–water partition coefficient (Wildman–Crippen LogP) is 8.36. The zero-order chi connectivity index (χ0) is 25.7. The molecule has 0 aliphatic rings. The normalized spacial score (nSPS) is 12.8. The van der Waals surface area contributed by atoms with Gasteiger partial charge in [0.05, 0.1) is 25.9 Å². The van der Waals surface area contributed by atoms with E-state index in [1.807, 2.05) is 42.5 Å². The molecule has 0 aromatic heterocycles. The molecule has 0 heterocycles.